The lowest BCUT2D eigenvalue weighted by molar-refractivity contribution is 0.0602. The molecule has 1 aliphatic heterocycles. The Balaban J connectivity index is 1.88. The second-order valence-electron chi connectivity index (χ2n) is 5.11. The third kappa shape index (κ3) is 2.51. The molecule has 0 atom stereocenters. The third-order valence-corrected chi connectivity index (χ3v) is 3.74. The number of nitrogens with one attached hydrogen (secondary N) is 1. The minimum absolute atomic E-state index is 0.378. The first kappa shape index (κ1) is 13.1. The van der Waals surface area contributed by atoms with Crippen molar-refractivity contribution in [3.05, 3.63) is 29.7 Å². The van der Waals surface area contributed by atoms with Crippen LogP contribution in [0.15, 0.2) is 18.3 Å². The van der Waals surface area contributed by atoms with Crippen LogP contribution < -0.4 is 5.32 Å². The van der Waals surface area contributed by atoms with E-state index in [2.05, 4.69) is 15.4 Å². The number of nitrogens with zero attached hydrogens (tertiary/aromatic N) is 3. The molecule has 1 saturated heterocycles. The molecule has 0 saturated carbocycles. The fourth-order valence-electron chi connectivity index (χ4n) is 2.65. The van der Waals surface area contributed by atoms with Crippen LogP contribution in [0.2, 0.25) is 0 Å². The first-order valence-corrected chi connectivity index (χ1v) is 6.91. The second-order valence-corrected chi connectivity index (χ2v) is 5.11. The average molecular weight is 274 g/mol. The van der Waals surface area contributed by atoms with Gasteiger partial charge in [-0.05, 0) is 44.0 Å². The van der Waals surface area contributed by atoms with E-state index < -0.39 is 0 Å². The molecule has 0 unspecified atom stereocenters. The highest BCUT2D eigenvalue weighted by molar-refractivity contribution is 5.95. The molecule has 6 heteroatoms. The maximum Gasteiger partial charge on any atom is 0.341 e. The van der Waals surface area contributed by atoms with Crippen molar-refractivity contribution in [2.24, 2.45) is 5.92 Å². The Morgan fingerprint density at radius 3 is 3.05 bits per heavy atom. The highest BCUT2D eigenvalue weighted by Gasteiger charge is 2.18. The van der Waals surface area contributed by atoms with Gasteiger partial charge in [-0.2, -0.15) is 5.10 Å². The van der Waals surface area contributed by atoms with Crippen LogP contribution in [-0.2, 0) is 11.2 Å². The molecule has 0 radical (unpaired) electrons. The normalized spacial score (nSPS) is 16.4. The van der Waals surface area contributed by atoms with Crippen LogP contribution in [0, 0.1) is 5.92 Å². The van der Waals surface area contributed by atoms with Crippen LogP contribution >= 0.6 is 0 Å². The Labute approximate surface area is 117 Å². The van der Waals surface area contributed by atoms with Crippen molar-refractivity contribution in [1.82, 2.24) is 19.9 Å². The molecular formula is C14H18N4O2. The summed E-state index contributed by atoms with van der Waals surface area (Å²) in [5, 5.41) is 7.81. The fraction of sp³-hybridized carbons (Fsp3) is 0.500. The van der Waals surface area contributed by atoms with Gasteiger partial charge in [-0.1, -0.05) is 0 Å². The summed E-state index contributed by atoms with van der Waals surface area (Å²) in [5.74, 6) is 1.04. The van der Waals surface area contributed by atoms with E-state index in [1.54, 1.807) is 22.8 Å². The SMILES string of the molecule is COC(=O)c1cccn2nc(CC3CCNCC3)nc12. The van der Waals surface area contributed by atoms with Gasteiger partial charge in [0.2, 0.25) is 0 Å². The number of carbonyl (C=O) groups is 1. The summed E-state index contributed by atoms with van der Waals surface area (Å²) in [6, 6.07) is 3.49. The zero-order chi connectivity index (χ0) is 13.9. The molecule has 0 amide bonds. The van der Waals surface area contributed by atoms with Gasteiger partial charge in [0.15, 0.2) is 11.5 Å². The van der Waals surface area contributed by atoms with Gasteiger partial charge in [-0.3, -0.25) is 0 Å². The number of hydrogen-bond acceptors (Lipinski definition) is 5. The van der Waals surface area contributed by atoms with Crippen molar-refractivity contribution >= 4 is 11.6 Å². The Morgan fingerprint density at radius 2 is 2.30 bits per heavy atom. The highest BCUT2D eigenvalue weighted by atomic mass is 16.5. The minimum atomic E-state index is -0.378. The van der Waals surface area contributed by atoms with Gasteiger partial charge in [0.25, 0.3) is 0 Å². The van der Waals surface area contributed by atoms with Crippen LogP contribution in [0.25, 0.3) is 5.65 Å². The summed E-state index contributed by atoms with van der Waals surface area (Å²) >= 11 is 0. The monoisotopic (exact) mass is 274 g/mol. The van der Waals surface area contributed by atoms with Crippen molar-refractivity contribution in [2.45, 2.75) is 19.3 Å². The maximum absolute atomic E-state index is 11.7. The molecule has 0 bridgehead atoms. The van der Waals surface area contributed by atoms with Crippen LogP contribution in [-0.4, -0.2) is 40.8 Å². The van der Waals surface area contributed by atoms with Crippen molar-refractivity contribution < 1.29 is 9.53 Å². The number of pyridine rings is 1. The number of hydrogen-bond donors (Lipinski definition) is 1. The molecule has 3 rings (SSSR count). The summed E-state index contributed by atoms with van der Waals surface area (Å²) in [4.78, 5) is 16.2. The van der Waals surface area contributed by atoms with Gasteiger partial charge < -0.3 is 10.1 Å². The van der Waals surface area contributed by atoms with E-state index in [1.165, 1.54) is 7.11 Å². The maximum atomic E-state index is 11.7. The van der Waals surface area contributed by atoms with E-state index >= 15 is 0 Å². The smallest absolute Gasteiger partial charge is 0.341 e. The van der Waals surface area contributed by atoms with E-state index in [4.69, 9.17) is 4.74 Å². The van der Waals surface area contributed by atoms with Gasteiger partial charge in [-0.25, -0.2) is 14.3 Å². The molecule has 6 nitrogen and oxygen atoms in total. The molecule has 3 heterocycles. The van der Waals surface area contributed by atoms with E-state index in [9.17, 15) is 4.79 Å². The van der Waals surface area contributed by atoms with E-state index in [0.29, 0.717) is 17.1 Å². The Morgan fingerprint density at radius 1 is 1.50 bits per heavy atom. The molecule has 0 spiro atoms. The number of piperidine rings is 1. The Bertz CT molecular complexity index is 617. The van der Waals surface area contributed by atoms with Crippen LogP contribution in [0.4, 0.5) is 0 Å². The van der Waals surface area contributed by atoms with Gasteiger partial charge in [0.05, 0.1) is 7.11 Å². The van der Waals surface area contributed by atoms with Crippen molar-refractivity contribution in [1.29, 1.82) is 0 Å². The summed E-state index contributed by atoms with van der Waals surface area (Å²) in [7, 11) is 1.37. The number of carbonyl (C=O) groups excluding carboxylic acids is 1. The lowest BCUT2D eigenvalue weighted by Crippen LogP contribution is -2.28. The van der Waals surface area contributed by atoms with Gasteiger partial charge in [0.1, 0.15) is 5.56 Å². The number of fused-ring (bicyclic) bond motifs is 1. The Kier molecular flexibility index (Phi) is 3.64. The molecule has 2 aromatic heterocycles. The van der Waals surface area contributed by atoms with Crippen LogP contribution in [0.1, 0.15) is 29.0 Å². The quantitative estimate of drug-likeness (QED) is 0.848. The average Bonchev–Trinajstić information content (AvgIpc) is 2.89. The lowest BCUT2D eigenvalue weighted by atomic mass is 9.94. The van der Waals surface area contributed by atoms with Crippen molar-refractivity contribution in [3.63, 3.8) is 0 Å². The van der Waals surface area contributed by atoms with Gasteiger partial charge in [0, 0.05) is 12.6 Å². The molecule has 2 aromatic rings. The molecule has 106 valence electrons. The predicted molar refractivity (Wildman–Crippen MR) is 73.6 cm³/mol. The van der Waals surface area contributed by atoms with Gasteiger partial charge in [-0.15, -0.1) is 0 Å². The molecule has 1 N–H and O–H groups in total. The first-order valence-electron chi connectivity index (χ1n) is 6.91. The minimum Gasteiger partial charge on any atom is -0.465 e. The zero-order valence-corrected chi connectivity index (χ0v) is 11.5. The summed E-state index contributed by atoms with van der Waals surface area (Å²) in [6.07, 6.45) is 4.98. The lowest BCUT2D eigenvalue weighted by Gasteiger charge is -2.20. The third-order valence-electron chi connectivity index (χ3n) is 3.74. The van der Waals surface area contributed by atoms with E-state index in [1.807, 2.05) is 0 Å². The molecule has 1 fully saturated rings. The molecule has 20 heavy (non-hydrogen) atoms. The van der Waals surface area contributed by atoms with E-state index in [-0.39, 0.29) is 5.97 Å². The largest absolute Gasteiger partial charge is 0.465 e. The standard InChI is InChI=1S/C14H18N4O2/c1-20-14(19)11-3-2-8-18-13(11)16-12(17-18)9-10-4-6-15-7-5-10/h2-3,8,10,15H,4-7,9H2,1H3. The first-order chi connectivity index (χ1) is 9.78. The Hall–Kier alpha value is -1.95. The molecular weight excluding hydrogens is 256 g/mol. The number of methoxy groups -OCH3 is 1. The number of aromatic nitrogens is 3. The van der Waals surface area contributed by atoms with Crippen molar-refractivity contribution in [2.75, 3.05) is 20.2 Å². The number of ether oxygens (including phenoxy) is 1. The predicted octanol–water partition coefficient (Wildman–Crippen LogP) is 1.06. The molecule has 0 aromatic carbocycles. The number of esters is 1. The topological polar surface area (TPSA) is 68.5 Å². The second kappa shape index (κ2) is 5.58. The number of rotatable bonds is 3. The highest BCUT2D eigenvalue weighted by Crippen LogP contribution is 2.17. The zero-order valence-electron chi connectivity index (χ0n) is 11.5. The summed E-state index contributed by atoms with van der Waals surface area (Å²) in [5.41, 5.74) is 1.03. The van der Waals surface area contributed by atoms with Crippen LogP contribution in [0.5, 0.6) is 0 Å². The van der Waals surface area contributed by atoms with Crippen LogP contribution in [0.3, 0.4) is 0 Å². The fourth-order valence-corrected chi connectivity index (χ4v) is 2.65. The van der Waals surface area contributed by atoms with Crippen molar-refractivity contribution in [3.8, 4) is 0 Å². The van der Waals surface area contributed by atoms with E-state index in [0.717, 1.165) is 38.2 Å². The molecule has 1 aliphatic rings. The molecule has 0 aliphatic carbocycles. The summed E-state index contributed by atoms with van der Waals surface area (Å²) in [6.45, 7) is 2.12. The summed E-state index contributed by atoms with van der Waals surface area (Å²) < 4.78 is 6.43. The van der Waals surface area contributed by atoms with Gasteiger partial charge >= 0.3 is 5.97 Å².